The van der Waals surface area contributed by atoms with Crippen molar-refractivity contribution in [2.24, 2.45) is 28.8 Å². The summed E-state index contributed by atoms with van der Waals surface area (Å²) < 4.78 is 11.5. The number of Topliss-reactive ketones (excluding diaryl/α,β-unsaturated/α-hetero) is 1. The highest BCUT2D eigenvalue weighted by Crippen LogP contribution is 2.39. The molecule has 0 saturated carbocycles. The highest BCUT2D eigenvalue weighted by Gasteiger charge is 2.49. The van der Waals surface area contributed by atoms with Crippen LogP contribution in [0.2, 0.25) is 0 Å². The number of carbonyl (C=O) groups excluding carboxylic acids is 2. The summed E-state index contributed by atoms with van der Waals surface area (Å²) in [5.74, 6) is -2.68. The van der Waals surface area contributed by atoms with Crippen LogP contribution in [0.15, 0.2) is 5.16 Å². The molecule has 33 heavy (non-hydrogen) atoms. The number of methoxy groups -OCH3 is 1. The Morgan fingerprint density at radius 1 is 1.18 bits per heavy atom. The van der Waals surface area contributed by atoms with Gasteiger partial charge in [-0.05, 0) is 39.4 Å². The fourth-order valence-corrected chi connectivity index (χ4v) is 6.16. The summed E-state index contributed by atoms with van der Waals surface area (Å²) in [5.41, 5.74) is -2.32. The molecule has 1 rings (SSSR count). The largest absolute Gasteiger partial charge is 0.459 e. The Bertz CT molecular complexity index is 713. The molecule has 0 amide bonds. The number of esters is 1. The van der Waals surface area contributed by atoms with Crippen molar-refractivity contribution in [1.82, 2.24) is 0 Å². The zero-order valence-electron chi connectivity index (χ0n) is 21.5. The second-order valence-electron chi connectivity index (χ2n) is 9.73. The zero-order valence-corrected chi connectivity index (χ0v) is 22.3. The average Bonchev–Trinajstić information content (AvgIpc) is 2.78. The number of thioether (sulfide) groups is 1. The van der Waals surface area contributed by atoms with Gasteiger partial charge in [-0.2, -0.15) is 11.8 Å². The van der Waals surface area contributed by atoms with Crippen molar-refractivity contribution < 1.29 is 34.5 Å². The zero-order chi connectivity index (χ0) is 25.7. The van der Waals surface area contributed by atoms with E-state index in [0.717, 1.165) is 0 Å². The van der Waals surface area contributed by atoms with Crippen LogP contribution in [0.4, 0.5) is 0 Å². The van der Waals surface area contributed by atoms with E-state index in [2.05, 4.69) is 5.16 Å². The van der Waals surface area contributed by atoms with Gasteiger partial charge in [0, 0.05) is 24.9 Å². The molecular formula is C24H43NO7S. The van der Waals surface area contributed by atoms with Gasteiger partial charge in [-0.15, -0.1) is 0 Å². The summed E-state index contributed by atoms with van der Waals surface area (Å²) in [4.78, 5) is 26.4. The molecule has 0 radical (unpaired) electrons. The summed E-state index contributed by atoms with van der Waals surface area (Å²) in [5, 5.41) is 35.0. The molecule has 1 heterocycles. The van der Waals surface area contributed by atoms with Crippen molar-refractivity contribution in [3.8, 4) is 0 Å². The first kappa shape index (κ1) is 29.9. The van der Waals surface area contributed by atoms with Crippen LogP contribution in [0.25, 0.3) is 0 Å². The Balaban J connectivity index is 3.65. The summed E-state index contributed by atoms with van der Waals surface area (Å²) >= 11 is 1.46. The number of ketones is 1. The normalized spacial score (nSPS) is 43.2. The number of aliphatic hydroxyl groups excluding tert-OH is 1. The minimum Gasteiger partial charge on any atom is -0.459 e. The van der Waals surface area contributed by atoms with Crippen molar-refractivity contribution in [2.45, 2.75) is 96.9 Å². The van der Waals surface area contributed by atoms with Gasteiger partial charge in [0.1, 0.15) is 17.6 Å². The molecule has 0 spiro atoms. The van der Waals surface area contributed by atoms with E-state index in [1.54, 1.807) is 21.0 Å². The van der Waals surface area contributed by atoms with E-state index in [9.17, 15) is 25.0 Å². The van der Waals surface area contributed by atoms with Gasteiger partial charge in [0.15, 0.2) is 5.78 Å². The SMILES string of the molecule is CCS[C@H]1C(=O)[C@@H](C)C(=O)O[C@H](CC)[C@@](C)(O)[C@H](O)[C@@H](C)/C(=N/O)[C@H](C)C[C@@](C)(OC)[C@@H]1C. The van der Waals surface area contributed by atoms with Gasteiger partial charge in [-0.25, -0.2) is 0 Å². The average molecular weight is 490 g/mol. The van der Waals surface area contributed by atoms with Crippen molar-refractivity contribution in [1.29, 1.82) is 0 Å². The predicted molar refractivity (Wildman–Crippen MR) is 130 cm³/mol. The van der Waals surface area contributed by atoms with Crippen LogP contribution in [0.5, 0.6) is 0 Å². The number of ether oxygens (including phenoxy) is 2. The number of oxime groups is 1. The second kappa shape index (κ2) is 12.0. The molecule has 0 bridgehead atoms. The lowest BCUT2D eigenvalue weighted by Crippen LogP contribution is -2.56. The maximum atomic E-state index is 13.5. The van der Waals surface area contributed by atoms with Crippen LogP contribution < -0.4 is 0 Å². The maximum absolute atomic E-state index is 13.5. The summed E-state index contributed by atoms with van der Waals surface area (Å²) in [7, 11) is 1.58. The van der Waals surface area contributed by atoms with Crippen molar-refractivity contribution in [3.05, 3.63) is 0 Å². The van der Waals surface area contributed by atoms with Gasteiger partial charge in [0.2, 0.25) is 0 Å². The topological polar surface area (TPSA) is 126 Å². The highest BCUT2D eigenvalue weighted by atomic mass is 32.2. The quantitative estimate of drug-likeness (QED) is 0.238. The van der Waals surface area contributed by atoms with Crippen LogP contribution in [-0.2, 0) is 19.1 Å². The number of hydrogen-bond acceptors (Lipinski definition) is 9. The molecule has 1 aliphatic heterocycles. The minimum absolute atomic E-state index is 0.232. The summed E-state index contributed by atoms with van der Waals surface area (Å²) in [6.45, 7) is 14.0. The monoisotopic (exact) mass is 489 g/mol. The summed E-state index contributed by atoms with van der Waals surface area (Å²) in [6, 6.07) is 0. The van der Waals surface area contributed by atoms with Crippen LogP contribution in [-0.4, -0.2) is 74.4 Å². The van der Waals surface area contributed by atoms with E-state index in [4.69, 9.17) is 9.47 Å². The Kier molecular flexibility index (Phi) is 10.9. The first-order valence-corrected chi connectivity index (χ1v) is 12.8. The van der Waals surface area contributed by atoms with Crippen LogP contribution in [0, 0.1) is 23.7 Å². The smallest absolute Gasteiger partial charge is 0.316 e. The van der Waals surface area contributed by atoms with Crippen molar-refractivity contribution in [3.63, 3.8) is 0 Å². The van der Waals surface area contributed by atoms with E-state index in [1.807, 2.05) is 27.7 Å². The Morgan fingerprint density at radius 2 is 1.76 bits per heavy atom. The number of aliphatic hydroxyl groups is 2. The van der Waals surface area contributed by atoms with Crippen LogP contribution in [0.1, 0.15) is 68.2 Å². The number of hydrogen-bond donors (Lipinski definition) is 3. The van der Waals surface area contributed by atoms with Gasteiger partial charge < -0.3 is 24.9 Å². The van der Waals surface area contributed by atoms with E-state index in [-0.39, 0.29) is 24.0 Å². The number of cyclic esters (lactones) is 1. The summed E-state index contributed by atoms with van der Waals surface area (Å²) in [6.07, 6.45) is -1.79. The lowest BCUT2D eigenvalue weighted by molar-refractivity contribution is -0.186. The molecule has 0 unspecified atom stereocenters. The third-order valence-corrected chi connectivity index (χ3v) is 8.78. The van der Waals surface area contributed by atoms with Crippen LogP contribution in [0.3, 0.4) is 0 Å². The van der Waals surface area contributed by atoms with Gasteiger partial charge in [0.25, 0.3) is 0 Å². The molecule has 1 aliphatic rings. The Labute approximate surface area is 202 Å². The van der Waals surface area contributed by atoms with Gasteiger partial charge in [-0.3, -0.25) is 9.59 Å². The third-order valence-electron chi connectivity index (χ3n) is 7.44. The molecule has 8 nitrogen and oxygen atoms in total. The molecule has 192 valence electrons. The molecule has 0 aromatic carbocycles. The molecule has 0 aliphatic carbocycles. The van der Waals surface area contributed by atoms with E-state index < -0.39 is 46.5 Å². The molecule has 0 aromatic rings. The van der Waals surface area contributed by atoms with Crippen molar-refractivity contribution >= 4 is 29.2 Å². The molecule has 9 atom stereocenters. The number of rotatable bonds is 4. The first-order valence-electron chi connectivity index (χ1n) is 11.8. The molecule has 1 saturated heterocycles. The second-order valence-corrected chi connectivity index (χ2v) is 11.1. The Morgan fingerprint density at radius 3 is 2.21 bits per heavy atom. The number of carbonyl (C=O) groups is 2. The molecule has 0 aromatic heterocycles. The van der Waals surface area contributed by atoms with Gasteiger partial charge in [0.05, 0.1) is 22.7 Å². The fraction of sp³-hybridized carbons (Fsp3) is 0.875. The molecule has 9 heteroatoms. The molecule has 3 N–H and O–H groups in total. The van der Waals surface area contributed by atoms with Gasteiger partial charge in [-0.1, -0.05) is 39.8 Å². The molecule has 1 fully saturated rings. The van der Waals surface area contributed by atoms with E-state index >= 15 is 0 Å². The fourth-order valence-electron chi connectivity index (χ4n) is 4.86. The molecular weight excluding hydrogens is 446 g/mol. The lowest BCUT2D eigenvalue weighted by Gasteiger charge is -2.43. The van der Waals surface area contributed by atoms with E-state index in [0.29, 0.717) is 17.9 Å². The van der Waals surface area contributed by atoms with Crippen molar-refractivity contribution in [2.75, 3.05) is 12.9 Å². The van der Waals surface area contributed by atoms with Crippen LogP contribution >= 0.6 is 11.8 Å². The third kappa shape index (κ3) is 6.29. The Hall–Kier alpha value is -1.16. The highest BCUT2D eigenvalue weighted by molar-refractivity contribution is 8.00. The van der Waals surface area contributed by atoms with Gasteiger partial charge >= 0.3 is 5.97 Å². The predicted octanol–water partition coefficient (Wildman–Crippen LogP) is 3.29. The lowest BCUT2D eigenvalue weighted by atomic mass is 9.73. The number of nitrogens with zero attached hydrogens (tertiary/aromatic N) is 1. The standard InChI is InChI=1S/C24H43NO7S/c1-10-17-24(8,29)21(27)14(4)18(25-30)13(3)12-23(7,31-9)16(6)20(33-11-2)19(26)15(5)22(28)32-17/h13-17,20-21,27,29-30H,10-12H2,1-9H3/b25-18+/t13-,14+,15-,16-,17-,20-,21-,23-,24-/m1/s1. The maximum Gasteiger partial charge on any atom is 0.316 e. The van der Waals surface area contributed by atoms with E-state index in [1.165, 1.54) is 25.6 Å². The minimum atomic E-state index is -1.83. The first-order chi connectivity index (χ1) is 15.2.